The topological polar surface area (TPSA) is 49.9 Å². The van der Waals surface area contributed by atoms with Gasteiger partial charge in [-0.3, -0.25) is 0 Å². The fourth-order valence-corrected chi connectivity index (χ4v) is 0.594. The van der Waals surface area contributed by atoms with Crippen LogP contribution >= 0.6 is 0 Å². The van der Waals surface area contributed by atoms with Crippen LogP contribution in [0.3, 0.4) is 0 Å². The zero-order chi connectivity index (χ0) is 6.85. The molecular weight excluding hydrogens is 112 g/mol. The Labute approximate surface area is 53.9 Å². The maximum absolute atomic E-state index is 7.22. The minimum absolute atomic E-state index is 0.398. The molecule has 1 rings (SSSR count). The van der Waals surface area contributed by atoms with Gasteiger partial charge >= 0.3 is 0 Å². The molecule has 0 atom stereocenters. The van der Waals surface area contributed by atoms with Crippen molar-refractivity contribution in [3.63, 3.8) is 0 Å². The van der Waals surface area contributed by atoms with E-state index in [0.29, 0.717) is 17.0 Å². The Hall–Kier alpha value is -1.31. The SMILES string of the molecule is C=C1C=CC(N)=CC1=N. The van der Waals surface area contributed by atoms with Crippen molar-refractivity contribution in [1.29, 1.82) is 5.41 Å². The number of hydrogen-bond acceptors (Lipinski definition) is 2. The standard InChI is InChI=1S/C7H8N2/c1-5-2-3-6(8)4-7(5)9/h2-4,9H,1,8H2. The molecule has 0 fully saturated rings. The molecule has 0 aromatic heterocycles. The molecular formula is C7H8N2. The summed E-state index contributed by atoms with van der Waals surface area (Å²) in [6, 6.07) is 0. The molecule has 0 amide bonds. The predicted molar refractivity (Wildman–Crippen MR) is 38.3 cm³/mol. The molecule has 0 unspecified atom stereocenters. The minimum atomic E-state index is 0.398. The van der Waals surface area contributed by atoms with Crippen molar-refractivity contribution in [3.05, 3.63) is 36.1 Å². The fraction of sp³-hybridized carbons (Fsp3) is 0. The molecule has 0 radical (unpaired) electrons. The van der Waals surface area contributed by atoms with Gasteiger partial charge in [-0.05, 0) is 17.7 Å². The molecule has 0 saturated heterocycles. The van der Waals surface area contributed by atoms with Gasteiger partial charge < -0.3 is 11.1 Å². The monoisotopic (exact) mass is 120 g/mol. The average Bonchev–Trinajstić information content (AvgIpc) is 1.80. The molecule has 2 nitrogen and oxygen atoms in total. The van der Waals surface area contributed by atoms with Gasteiger partial charge in [0.15, 0.2) is 0 Å². The average molecular weight is 120 g/mol. The summed E-state index contributed by atoms with van der Waals surface area (Å²) in [6.07, 6.45) is 5.06. The largest absolute Gasteiger partial charge is 0.399 e. The number of rotatable bonds is 0. The Bertz CT molecular complexity index is 221. The lowest BCUT2D eigenvalue weighted by molar-refractivity contribution is 1.39. The third-order valence-corrected chi connectivity index (χ3v) is 1.13. The zero-order valence-electron chi connectivity index (χ0n) is 5.02. The van der Waals surface area contributed by atoms with E-state index in [1.165, 1.54) is 0 Å². The van der Waals surface area contributed by atoms with Crippen LogP contribution in [0.4, 0.5) is 0 Å². The molecule has 1 aliphatic rings. The highest BCUT2D eigenvalue weighted by Crippen LogP contribution is 2.05. The van der Waals surface area contributed by atoms with Crippen LogP contribution < -0.4 is 5.73 Å². The van der Waals surface area contributed by atoms with Crippen molar-refractivity contribution in [2.24, 2.45) is 5.73 Å². The van der Waals surface area contributed by atoms with Crippen molar-refractivity contribution in [1.82, 2.24) is 0 Å². The molecule has 1 aliphatic carbocycles. The van der Waals surface area contributed by atoms with Crippen LogP contribution in [0, 0.1) is 5.41 Å². The molecule has 0 aliphatic heterocycles. The Morgan fingerprint density at radius 2 is 2.11 bits per heavy atom. The number of allylic oxidation sites excluding steroid dienone is 4. The van der Waals surface area contributed by atoms with Crippen molar-refractivity contribution in [3.8, 4) is 0 Å². The first-order valence-electron chi connectivity index (χ1n) is 2.63. The first-order valence-corrected chi connectivity index (χ1v) is 2.63. The lowest BCUT2D eigenvalue weighted by Gasteiger charge is -2.03. The van der Waals surface area contributed by atoms with E-state index in [0.717, 1.165) is 0 Å². The smallest absolute Gasteiger partial charge is 0.0626 e. The summed E-state index contributed by atoms with van der Waals surface area (Å²) in [5.41, 5.74) is 7.11. The molecule has 9 heavy (non-hydrogen) atoms. The first kappa shape index (κ1) is 5.82. The van der Waals surface area contributed by atoms with Crippen LogP contribution in [0.2, 0.25) is 0 Å². The van der Waals surface area contributed by atoms with Gasteiger partial charge in [0.2, 0.25) is 0 Å². The molecule has 46 valence electrons. The normalized spacial score (nSPS) is 18.0. The quantitative estimate of drug-likeness (QED) is 0.491. The van der Waals surface area contributed by atoms with E-state index in [9.17, 15) is 0 Å². The maximum Gasteiger partial charge on any atom is 0.0626 e. The van der Waals surface area contributed by atoms with Gasteiger partial charge in [-0.25, -0.2) is 0 Å². The van der Waals surface area contributed by atoms with E-state index >= 15 is 0 Å². The van der Waals surface area contributed by atoms with Gasteiger partial charge in [0, 0.05) is 5.70 Å². The third kappa shape index (κ3) is 1.08. The van der Waals surface area contributed by atoms with Crippen LogP contribution in [0.5, 0.6) is 0 Å². The van der Waals surface area contributed by atoms with Crippen LogP contribution in [-0.2, 0) is 0 Å². The molecule has 0 spiro atoms. The second kappa shape index (κ2) is 1.90. The van der Waals surface area contributed by atoms with Gasteiger partial charge in [0.1, 0.15) is 0 Å². The van der Waals surface area contributed by atoms with Crippen molar-refractivity contribution >= 4 is 5.71 Å². The zero-order valence-corrected chi connectivity index (χ0v) is 5.02. The van der Waals surface area contributed by atoms with E-state index in [4.69, 9.17) is 11.1 Å². The molecule has 0 aromatic rings. The van der Waals surface area contributed by atoms with Gasteiger partial charge in [-0.1, -0.05) is 12.7 Å². The molecule has 0 heterocycles. The van der Waals surface area contributed by atoms with E-state index in [1.807, 2.05) is 0 Å². The number of nitrogens with two attached hydrogens (primary N) is 1. The number of nitrogens with one attached hydrogen (secondary N) is 1. The van der Waals surface area contributed by atoms with Gasteiger partial charge in [-0.15, -0.1) is 0 Å². The first-order chi connectivity index (χ1) is 4.20. The van der Waals surface area contributed by atoms with E-state index in [2.05, 4.69) is 6.58 Å². The van der Waals surface area contributed by atoms with Crippen LogP contribution in [0.15, 0.2) is 36.1 Å². The van der Waals surface area contributed by atoms with E-state index in [1.54, 1.807) is 18.2 Å². The molecule has 2 heteroatoms. The predicted octanol–water partition coefficient (Wildman–Crippen LogP) is 0.975. The van der Waals surface area contributed by atoms with Crippen LogP contribution in [-0.4, -0.2) is 5.71 Å². The Morgan fingerprint density at radius 1 is 1.44 bits per heavy atom. The highest BCUT2D eigenvalue weighted by atomic mass is 14.6. The van der Waals surface area contributed by atoms with Crippen molar-refractivity contribution < 1.29 is 0 Å². The lowest BCUT2D eigenvalue weighted by atomic mass is 10.1. The summed E-state index contributed by atoms with van der Waals surface area (Å²) in [6.45, 7) is 3.62. The van der Waals surface area contributed by atoms with Crippen molar-refractivity contribution in [2.75, 3.05) is 0 Å². The second-order valence-corrected chi connectivity index (χ2v) is 1.92. The van der Waals surface area contributed by atoms with Gasteiger partial charge in [0.25, 0.3) is 0 Å². The van der Waals surface area contributed by atoms with Crippen molar-refractivity contribution in [2.45, 2.75) is 0 Å². The van der Waals surface area contributed by atoms with E-state index in [-0.39, 0.29) is 0 Å². The third-order valence-electron chi connectivity index (χ3n) is 1.13. The molecule has 0 saturated carbocycles. The van der Waals surface area contributed by atoms with Crippen LogP contribution in [0.25, 0.3) is 0 Å². The summed E-state index contributed by atoms with van der Waals surface area (Å²) in [5, 5.41) is 7.22. The highest BCUT2D eigenvalue weighted by Gasteiger charge is 2.00. The number of hydrogen-bond donors (Lipinski definition) is 2. The summed E-state index contributed by atoms with van der Waals surface area (Å²) in [7, 11) is 0. The summed E-state index contributed by atoms with van der Waals surface area (Å²) >= 11 is 0. The maximum atomic E-state index is 7.22. The summed E-state index contributed by atoms with van der Waals surface area (Å²) < 4.78 is 0. The second-order valence-electron chi connectivity index (χ2n) is 1.92. The molecule has 0 aromatic carbocycles. The lowest BCUT2D eigenvalue weighted by Crippen LogP contribution is -2.04. The van der Waals surface area contributed by atoms with Crippen LogP contribution in [0.1, 0.15) is 0 Å². The Morgan fingerprint density at radius 3 is 2.56 bits per heavy atom. The summed E-state index contributed by atoms with van der Waals surface area (Å²) in [5.74, 6) is 0. The van der Waals surface area contributed by atoms with Gasteiger partial charge in [-0.2, -0.15) is 0 Å². The Kier molecular flexibility index (Phi) is 1.23. The molecule has 3 N–H and O–H groups in total. The minimum Gasteiger partial charge on any atom is -0.399 e. The molecule has 0 bridgehead atoms. The van der Waals surface area contributed by atoms with E-state index < -0.39 is 0 Å². The summed E-state index contributed by atoms with van der Waals surface area (Å²) in [4.78, 5) is 0. The fourth-order valence-electron chi connectivity index (χ4n) is 0.594. The highest BCUT2D eigenvalue weighted by molar-refractivity contribution is 6.09. The Balaban J connectivity index is 2.95. The van der Waals surface area contributed by atoms with Gasteiger partial charge in [0.05, 0.1) is 5.71 Å².